The molecule has 6 rings (SSSR count). The van der Waals surface area contributed by atoms with E-state index in [9.17, 15) is 0 Å². The van der Waals surface area contributed by atoms with Crippen molar-refractivity contribution in [2.24, 2.45) is 34.5 Å². The number of aromatic nitrogens is 2. The molecule has 4 aliphatic carbocycles. The zero-order valence-electron chi connectivity index (χ0n) is 21.1. The van der Waals surface area contributed by atoms with Crippen molar-refractivity contribution in [1.82, 2.24) is 15.1 Å². The highest BCUT2D eigenvalue weighted by Crippen LogP contribution is 2.69. The summed E-state index contributed by atoms with van der Waals surface area (Å²) < 4.78 is 6.47. The second kappa shape index (κ2) is 8.90. The highest BCUT2D eigenvalue weighted by atomic mass is 16.5. The fourth-order valence-electron chi connectivity index (χ4n) is 9.78. The van der Waals surface area contributed by atoms with E-state index in [1.165, 1.54) is 89.3 Å². The molecule has 1 aromatic heterocycles. The van der Waals surface area contributed by atoms with Crippen LogP contribution in [-0.4, -0.2) is 47.4 Å². The molecule has 182 valence electrons. The van der Waals surface area contributed by atoms with Gasteiger partial charge in [-0.25, -0.2) is 0 Å². The van der Waals surface area contributed by atoms with E-state index in [2.05, 4.69) is 35.0 Å². The zero-order chi connectivity index (χ0) is 22.5. The van der Waals surface area contributed by atoms with Crippen LogP contribution in [0.15, 0.2) is 18.5 Å². The predicted octanol–water partition coefficient (Wildman–Crippen LogP) is 6.08. The molecule has 33 heavy (non-hydrogen) atoms. The molecule has 0 spiro atoms. The van der Waals surface area contributed by atoms with Gasteiger partial charge in [-0.3, -0.25) is 0 Å². The number of likely N-dealkylation sites (tertiary alicyclic amines) is 1. The summed E-state index contributed by atoms with van der Waals surface area (Å²) in [6.45, 7) is 10.00. The highest BCUT2D eigenvalue weighted by molar-refractivity contribution is 5.22. The minimum absolute atomic E-state index is 0.462. The van der Waals surface area contributed by atoms with E-state index in [-0.39, 0.29) is 0 Å². The van der Waals surface area contributed by atoms with E-state index < -0.39 is 0 Å². The topological polar surface area (TPSA) is 38.2 Å². The van der Waals surface area contributed by atoms with Crippen LogP contribution >= 0.6 is 0 Å². The van der Waals surface area contributed by atoms with E-state index in [1.807, 2.05) is 12.4 Å². The Labute approximate surface area is 201 Å². The van der Waals surface area contributed by atoms with Gasteiger partial charge in [-0.2, -0.15) is 10.2 Å². The highest BCUT2D eigenvalue weighted by Gasteiger charge is 2.60. The molecule has 4 heteroatoms. The van der Waals surface area contributed by atoms with Gasteiger partial charge in [-0.05, 0) is 136 Å². The van der Waals surface area contributed by atoms with E-state index in [0.29, 0.717) is 22.9 Å². The third-order valence-electron chi connectivity index (χ3n) is 11.6. The Morgan fingerprint density at radius 3 is 2.58 bits per heavy atom. The van der Waals surface area contributed by atoms with Gasteiger partial charge in [-0.1, -0.05) is 13.8 Å². The molecule has 1 saturated heterocycles. The molecule has 0 aromatic carbocycles. The summed E-state index contributed by atoms with van der Waals surface area (Å²) in [5, 5.41) is 8.28. The van der Waals surface area contributed by atoms with Crippen LogP contribution in [0.3, 0.4) is 0 Å². The molecule has 0 unspecified atom stereocenters. The van der Waals surface area contributed by atoms with Crippen molar-refractivity contribution in [3.8, 4) is 0 Å². The Hall–Kier alpha value is -1.00. The second-order valence-electron chi connectivity index (χ2n) is 12.8. The van der Waals surface area contributed by atoms with Crippen LogP contribution in [0.5, 0.6) is 0 Å². The minimum Gasteiger partial charge on any atom is -0.377 e. The molecule has 8 atom stereocenters. The summed E-state index contributed by atoms with van der Waals surface area (Å²) in [5.41, 5.74) is 2.46. The van der Waals surface area contributed by atoms with E-state index in [1.54, 1.807) is 0 Å². The number of fused-ring (bicyclic) bond motifs is 5. The molecule has 1 aliphatic heterocycles. The summed E-state index contributed by atoms with van der Waals surface area (Å²) in [6, 6.07) is 2.24. The van der Waals surface area contributed by atoms with E-state index in [0.717, 1.165) is 36.8 Å². The summed E-state index contributed by atoms with van der Waals surface area (Å²) >= 11 is 0. The van der Waals surface area contributed by atoms with E-state index in [4.69, 9.17) is 4.74 Å². The lowest BCUT2D eigenvalue weighted by Crippen LogP contribution is -2.54. The van der Waals surface area contributed by atoms with Crippen LogP contribution < -0.4 is 0 Å². The van der Waals surface area contributed by atoms with Crippen LogP contribution in [0.25, 0.3) is 0 Å². The normalized spacial score (nSPS) is 45.4. The lowest BCUT2D eigenvalue weighted by Gasteiger charge is -2.61. The van der Waals surface area contributed by atoms with Crippen molar-refractivity contribution in [3.63, 3.8) is 0 Å². The number of hydrogen-bond acceptors (Lipinski definition) is 4. The SMILES string of the molecule is C[C@]12CC[C@H](OCCN3CCCC3)C[C@H]1CC[C@H]1[C@H]3CC[C@H](c4ccnnc4)[C@@]3(C)CC[C@@H]12. The molecule has 4 nitrogen and oxygen atoms in total. The Kier molecular flexibility index (Phi) is 6.06. The molecule has 0 bridgehead atoms. The first-order valence-electron chi connectivity index (χ1n) is 14.2. The predicted molar refractivity (Wildman–Crippen MR) is 132 cm³/mol. The van der Waals surface area contributed by atoms with Gasteiger partial charge in [0, 0.05) is 12.7 Å². The van der Waals surface area contributed by atoms with Gasteiger partial charge in [-0.15, -0.1) is 0 Å². The average molecular weight is 452 g/mol. The van der Waals surface area contributed by atoms with Gasteiger partial charge < -0.3 is 9.64 Å². The molecule has 5 aliphatic rings. The molecule has 2 heterocycles. The molecular weight excluding hydrogens is 406 g/mol. The first-order valence-corrected chi connectivity index (χ1v) is 14.2. The quantitative estimate of drug-likeness (QED) is 0.543. The number of rotatable bonds is 5. The first-order chi connectivity index (χ1) is 16.1. The van der Waals surface area contributed by atoms with Gasteiger partial charge in [0.2, 0.25) is 0 Å². The maximum absolute atomic E-state index is 6.47. The Morgan fingerprint density at radius 2 is 1.76 bits per heavy atom. The zero-order valence-corrected chi connectivity index (χ0v) is 21.1. The van der Waals surface area contributed by atoms with Crippen molar-refractivity contribution in [3.05, 3.63) is 24.0 Å². The molecule has 5 fully saturated rings. The van der Waals surface area contributed by atoms with Crippen molar-refractivity contribution in [2.75, 3.05) is 26.2 Å². The van der Waals surface area contributed by atoms with Crippen LogP contribution in [0, 0.1) is 34.5 Å². The fourth-order valence-corrected chi connectivity index (χ4v) is 9.78. The molecular formula is C29H45N3O. The summed E-state index contributed by atoms with van der Waals surface area (Å²) in [6.07, 6.45) is 19.8. The summed E-state index contributed by atoms with van der Waals surface area (Å²) in [4.78, 5) is 2.59. The largest absolute Gasteiger partial charge is 0.377 e. The second-order valence-corrected chi connectivity index (χ2v) is 12.8. The van der Waals surface area contributed by atoms with E-state index >= 15 is 0 Å². The minimum atomic E-state index is 0.462. The van der Waals surface area contributed by atoms with Crippen LogP contribution in [0.1, 0.15) is 96.0 Å². The Balaban J connectivity index is 1.11. The molecule has 0 radical (unpaired) electrons. The van der Waals surface area contributed by atoms with Crippen LogP contribution in [0.4, 0.5) is 0 Å². The third kappa shape index (κ3) is 3.88. The lowest BCUT2D eigenvalue weighted by atomic mass is 9.44. The van der Waals surface area contributed by atoms with Gasteiger partial charge >= 0.3 is 0 Å². The number of hydrogen-bond donors (Lipinski definition) is 0. The summed E-state index contributed by atoms with van der Waals surface area (Å²) in [7, 11) is 0. The van der Waals surface area contributed by atoms with Gasteiger partial charge in [0.1, 0.15) is 0 Å². The number of ether oxygens (including phenoxy) is 1. The number of nitrogens with zero attached hydrogens (tertiary/aromatic N) is 3. The third-order valence-corrected chi connectivity index (χ3v) is 11.6. The fraction of sp³-hybridized carbons (Fsp3) is 0.862. The smallest absolute Gasteiger partial charge is 0.0597 e. The van der Waals surface area contributed by atoms with Crippen LogP contribution in [0.2, 0.25) is 0 Å². The molecule has 0 N–H and O–H groups in total. The van der Waals surface area contributed by atoms with Crippen molar-refractivity contribution >= 4 is 0 Å². The first kappa shape index (κ1) is 22.5. The molecule has 1 aromatic rings. The lowest BCUT2D eigenvalue weighted by molar-refractivity contribution is -0.132. The Morgan fingerprint density at radius 1 is 0.939 bits per heavy atom. The van der Waals surface area contributed by atoms with Gasteiger partial charge in [0.25, 0.3) is 0 Å². The van der Waals surface area contributed by atoms with Crippen LogP contribution in [-0.2, 0) is 4.74 Å². The monoisotopic (exact) mass is 451 g/mol. The molecule has 0 amide bonds. The molecule has 4 saturated carbocycles. The maximum atomic E-state index is 6.47. The van der Waals surface area contributed by atoms with Crippen molar-refractivity contribution in [2.45, 2.75) is 96.5 Å². The summed E-state index contributed by atoms with van der Waals surface area (Å²) in [5.74, 6) is 4.35. The van der Waals surface area contributed by atoms with Gasteiger partial charge in [0.05, 0.1) is 18.9 Å². The Bertz CT molecular complexity index is 810. The van der Waals surface area contributed by atoms with Gasteiger partial charge in [0.15, 0.2) is 0 Å². The van der Waals surface area contributed by atoms with Crippen molar-refractivity contribution in [1.29, 1.82) is 0 Å². The average Bonchev–Trinajstić information content (AvgIpc) is 3.47. The standard InChI is InChI=1S/C29H45N3O/c1-28-12-9-23(33-18-17-32-15-3-4-16-32)19-22(28)5-6-24-26-8-7-25(21-11-14-30-31-20-21)29(26,2)13-10-27(24)28/h11,14,20,22-27H,3-10,12-13,15-19H2,1-2H3/t22-,23+,24+,25-,26-,27+,28+,29-/m1/s1. The maximum Gasteiger partial charge on any atom is 0.0597 e. The van der Waals surface area contributed by atoms with Crippen molar-refractivity contribution < 1.29 is 4.74 Å².